The number of H-pyrrole nitrogens is 2. The van der Waals surface area contributed by atoms with Crippen LogP contribution in [0.1, 0.15) is 12.1 Å². The summed E-state index contributed by atoms with van der Waals surface area (Å²) in [7, 11) is 0. The molecule has 0 atom stereocenters. The smallest absolute Gasteiger partial charge is 0.407 e. The lowest BCUT2D eigenvalue weighted by Gasteiger charge is -2.23. The zero-order valence-electron chi connectivity index (χ0n) is 16.1. The number of hydrogen-bond acceptors (Lipinski definition) is 4. The monoisotopic (exact) mass is 400 g/mol. The molecule has 0 saturated heterocycles. The van der Waals surface area contributed by atoms with Crippen molar-refractivity contribution in [2.45, 2.75) is 6.42 Å². The summed E-state index contributed by atoms with van der Waals surface area (Å²) in [6.45, 7) is 0.876. The molecule has 1 aromatic carbocycles. The van der Waals surface area contributed by atoms with E-state index in [0.29, 0.717) is 19.5 Å². The van der Waals surface area contributed by atoms with Crippen LogP contribution in [-0.4, -0.2) is 49.1 Å². The van der Waals surface area contributed by atoms with E-state index in [1.54, 1.807) is 0 Å². The van der Waals surface area contributed by atoms with Gasteiger partial charge in [0.1, 0.15) is 17.8 Å². The molecule has 0 saturated carbocycles. The van der Waals surface area contributed by atoms with E-state index >= 15 is 0 Å². The summed E-state index contributed by atoms with van der Waals surface area (Å²) in [6, 6.07) is 14.1. The van der Waals surface area contributed by atoms with Crippen molar-refractivity contribution in [3.63, 3.8) is 0 Å². The fourth-order valence-corrected chi connectivity index (χ4v) is 3.71. The van der Waals surface area contributed by atoms with E-state index in [4.69, 9.17) is 5.11 Å². The van der Waals surface area contributed by atoms with Gasteiger partial charge in [-0.05, 0) is 47.9 Å². The van der Waals surface area contributed by atoms with Crippen molar-refractivity contribution in [3.05, 3.63) is 66.8 Å². The maximum atomic E-state index is 11.1. The molecule has 0 radical (unpaired) electrons. The zero-order valence-corrected chi connectivity index (χ0v) is 16.1. The fourth-order valence-electron chi connectivity index (χ4n) is 3.71. The van der Waals surface area contributed by atoms with Crippen LogP contribution in [0.15, 0.2) is 61.1 Å². The van der Waals surface area contributed by atoms with Crippen LogP contribution in [0.25, 0.3) is 27.9 Å². The standard InChI is InChI=1S/C22H20N6O2/c29-22(30)28-9-6-14(7-10-28)19-12-17-20(24-13-25-21(17)27-19)26-16-4-1-3-15(11-16)18-5-2-8-23-18/h1-6,8,11-13,23H,7,9-10H2,(H,29,30)(H2,24,25,26,27). The highest BCUT2D eigenvalue weighted by Crippen LogP contribution is 2.30. The highest BCUT2D eigenvalue weighted by molar-refractivity contribution is 5.92. The van der Waals surface area contributed by atoms with Crippen molar-refractivity contribution in [1.82, 2.24) is 24.8 Å². The van der Waals surface area contributed by atoms with E-state index in [1.165, 1.54) is 11.2 Å². The Balaban J connectivity index is 1.44. The second kappa shape index (κ2) is 7.40. The molecule has 4 aromatic rings. The number of carboxylic acid groups (broad SMARTS) is 1. The first-order valence-corrected chi connectivity index (χ1v) is 9.69. The molecule has 8 heteroatoms. The molecule has 4 heterocycles. The minimum atomic E-state index is -0.888. The van der Waals surface area contributed by atoms with Gasteiger partial charge in [-0.1, -0.05) is 18.2 Å². The Bertz CT molecular complexity index is 1240. The van der Waals surface area contributed by atoms with Crippen molar-refractivity contribution >= 4 is 34.2 Å². The highest BCUT2D eigenvalue weighted by atomic mass is 16.4. The number of nitrogens with zero attached hydrogens (tertiary/aromatic N) is 3. The Labute approximate surface area is 172 Å². The molecule has 1 aliphatic heterocycles. The maximum Gasteiger partial charge on any atom is 0.407 e. The predicted molar refractivity (Wildman–Crippen MR) is 116 cm³/mol. The van der Waals surface area contributed by atoms with Crippen LogP contribution < -0.4 is 5.32 Å². The number of benzene rings is 1. The van der Waals surface area contributed by atoms with Crippen molar-refractivity contribution in [1.29, 1.82) is 0 Å². The second-order valence-corrected chi connectivity index (χ2v) is 7.17. The number of amides is 1. The minimum absolute atomic E-state index is 0.391. The topological polar surface area (TPSA) is 110 Å². The molecular formula is C22H20N6O2. The lowest BCUT2D eigenvalue weighted by atomic mass is 10.1. The van der Waals surface area contributed by atoms with E-state index in [2.05, 4.69) is 37.4 Å². The molecule has 0 unspecified atom stereocenters. The molecule has 1 amide bonds. The van der Waals surface area contributed by atoms with Gasteiger partial charge in [0, 0.05) is 36.4 Å². The molecule has 0 spiro atoms. The Hall–Kier alpha value is -4.07. The van der Waals surface area contributed by atoms with Gasteiger partial charge in [0.15, 0.2) is 0 Å². The molecular weight excluding hydrogens is 380 g/mol. The number of aromatic nitrogens is 4. The predicted octanol–water partition coefficient (Wildman–Crippen LogP) is 4.46. The maximum absolute atomic E-state index is 11.1. The van der Waals surface area contributed by atoms with E-state index in [-0.39, 0.29) is 0 Å². The van der Waals surface area contributed by atoms with Crippen LogP contribution in [0, 0.1) is 0 Å². The van der Waals surface area contributed by atoms with E-state index < -0.39 is 6.09 Å². The van der Waals surface area contributed by atoms with Gasteiger partial charge in [0.2, 0.25) is 0 Å². The summed E-state index contributed by atoms with van der Waals surface area (Å²) in [6.07, 6.45) is 5.15. The molecule has 150 valence electrons. The summed E-state index contributed by atoms with van der Waals surface area (Å²) in [5.74, 6) is 0.717. The molecule has 0 fully saturated rings. The van der Waals surface area contributed by atoms with Crippen molar-refractivity contribution in [2.75, 3.05) is 18.4 Å². The molecule has 4 N–H and O–H groups in total. The number of fused-ring (bicyclic) bond motifs is 1. The number of aromatic amines is 2. The molecule has 0 aliphatic carbocycles. The summed E-state index contributed by atoms with van der Waals surface area (Å²) >= 11 is 0. The SMILES string of the molecule is O=C(O)N1CC=C(c2cc3c(Nc4cccc(-c5ccc[nH]5)c4)ncnc3[nH]2)CC1. The van der Waals surface area contributed by atoms with Gasteiger partial charge in [-0.2, -0.15) is 0 Å². The lowest BCUT2D eigenvalue weighted by Crippen LogP contribution is -2.33. The van der Waals surface area contributed by atoms with E-state index in [1.807, 2.05) is 42.6 Å². The molecule has 8 nitrogen and oxygen atoms in total. The Morgan fingerprint density at radius 2 is 2.07 bits per heavy atom. The average Bonchev–Trinajstić information content (AvgIpc) is 3.45. The first-order valence-electron chi connectivity index (χ1n) is 9.69. The van der Waals surface area contributed by atoms with E-state index in [9.17, 15) is 4.79 Å². The summed E-state index contributed by atoms with van der Waals surface area (Å²) in [5.41, 5.74) is 5.84. The van der Waals surface area contributed by atoms with Crippen LogP contribution in [-0.2, 0) is 0 Å². The van der Waals surface area contributed by atoms with Gasteiger partial charge in [-0.3, -0.25) is 0 Å². The number of hydrogen-bond donors (Lipinski definition) is 4. The fraction of sp³-hybridized carbons (Fsp3) is 0.136. The molecule has 5 rings (SSSR count). The van der Waals surface area contributed by atoms with E-state index in [0.717, 1.165) is 45.1 Å². The second-order valence-electron chi connectivity index (χ2n) is 7.17. The van der Waals surface area contributed by atoms with Gasteiger partial charge in [-0.25, -0.2) is 14.8 Å². The summed E-state index contributed by atoms with van der Waals surface area (Å²) in [4.78, 5) is 27.9. The first-order chi connectivity index (χ1) is 14.7. The number of carbonyl (C=O) groups is 1. The van der Waals surface area contributed by atoms with Crippen LogP contribution in [0.2, 0.25) is 0 Å². The minimum Gasteiger partial charge on any atom is -0.465 e. The van der Waals surface area contributed by atoms with Gasteiger partial charge < -0.3 is 25.3 Å². The summed E-state index contributed by atoms with van der Waals surface area (Å²) in [5, 5.41) is 13.4. The number of anilines is 2. The van der Waals surface area contributed by atoms with Crippen LogP contribution >= 0.6 is 0 Å². The first kappa shape index (κ1) is 18.0. The third-order valence-corrected chi connectivity index (χ3v) is 5.29. The highest BCUT2D eigenvalue weighted by Gasteiger charge is 2.18. The van der Waals surface area contributed by atoms with Crippen molar-refractivity contribution in [2.24, 2.45) is 0 Å². The summed E-state index contributed by atoms with van der Waals surface area (Å²) < 4.78 is 0. The van der Waals surface area contributed by atoms with Crippen LogP contribution in [0.4, 0.5) is 16.3 Å². The third-order valence-electron chi connectivity index (χ3n) is 5.29. The number of rotatable bonds is 4. The Kier molecular flexibility index (Phi) is 4.44. The van der Waals surface area contributed by atoms with Gasteiger partial charge in [0.05, 0.1) is 5.39 Å². The average molecular weight is 400 g/mol. The normalized spacial score (nSPS) is 14.0. The quantitative estimate of drug-likeness (QED) is 0.404. The molecule has 3 aromatic heterocycles. The Morgan fingerprint density at radius 1 is 1.13 bits per heavy atom. The van der Waals surface area contributed by atoms with Gasteiger partial charge in [0.25, 0.3) is 0 Å². The van der Waals surface area contributed by atoms with Crippen molar-refractivity contribution in [3.8, 4) is 11.3 Å². The van der Waals surface area contributed by atoms with Gasteiger partial charge >= 0.3 is 6.09 Å². The van der Waals surface area contributed by atoms with Crippen LogP contribution in [0.5, 0.6) is 0 Å². The lowest BCUT2D eigenvalue weighted by molar-refractivity contribution is 0.150. The van der Waals surface area contributed by atoms with Crippen molar-refractivity contribution < 1.29 is 9.90 Å². The third kappa shape index (κ3) is 3.39. The zero-order chi connectivity index (χ0) is 20.5. The largest absolute Gasteiger partial charge is 0.465 e. The number of nitrogens with one attached hydrogen (secondary N) is 3. The molecule has 30 heavy (non-hydrogen) atoms. The molecule has 1 aliphatic rings. The van der Waals surface area contributed by atoms with Crippen LogP contribution in [0.3, 0.4) is 0 Å². The Morgan fingerprint density at radius 3 is 2.83 bits per heavy atom. The molecule has 0 bridgehead atoms. The van der Waals surface area contributed by atoms with Gasteiger partial charge in [-0.15, -0.1) is 0 Å².